The number of carbonyl (C=O) groups is 2. The van der Waals surface area contributed by atoms with Gasteiger partial charge in [0.2, 0.25) is 0 Å². The van der Waals surface area contributed by atoms with Gasteiger partial charge in [-0.25, -0.2) is 18.3 Å². The second kappa shape index (κ2) is 8.62. The first-order valence-electron chi connectivity index (χ1n) is 9.12. The predicted octanol–water partition coefficient (Wildman–Crippen LogP) is 3.97. The molecule has 0 saturated carbocycles. The highest BCUT2D eigenvalue weighted by Gasteiger charge is 2.39. The monoisotopic (exact) mass is 488 g/mol. The minimum Gasteiger partial charge on any atom is -0.350 e. The number of sulfonamides is 1. The number of pyridine rings is 1. The van der Waals surface area contributed by atoms with Gasteiger partial charge in [-0.15, -0.1) is 0 Å². The molecule has 3 aromatic rings. The summed E-state index contributed by atoms with van der Waals surface area (Å²) in [5, 5.41) is 2.70. The van der Waals surface area contributed by atoms with Crippen LogP contribution in [-0.2, 0) is 19.6 Å². The Morgan fingerprint density at radius 1 is 0.844 bits per heavy atom. The molecule has 11 heteroatoms. The smallest absolute Gasteiger partial charge is 0.283 e. The van der Waals surface area contributed by atoms with Crippen LogP contribution in [0.1, 0.15) is 0 Å². The number of aromatic nitrogens is 1. The number of nitrogens with zero attached hydrogens (tertiary/aromatic N) is 2. The van der Waals surface area contributed by atoms with Crippen LogP contribution >= 0.6 is 23.2 Å². The van der Waals surface area contributed by atoms with Crippen LogP contribution in [0, 0.1) is 0 Å². The summed E-state index contributed by atoms with van der Waals surface area (Å²) in [7, 11) is -3.86. The van der Waals surface area contributed by atoms with Crippen molar-refractivity contribution in [3.8, 4) is 0 Å². The van der Waals surface area contributed by atoms with Crippen molar-refractivity contribution in [1.29, 1.82) is 0 Å². The molecule has 0 spiro atoms. The summed E-state index contributed by atoms with van der Waals surface area (Å²) in [6.45, 7) is 0. The number of hydrogen-bond donors (Lipinski definition) is 2. The van der Waals surface area contributed by atoms with Gasteiger partial charge >= 0.3 is 0 Å². The molecule has 1 aliphatic heterocycles. The maximum Gasteiger partial charge on any atom is 0.283 e. The molecule has 0 bridgehead atoms. The van der Waals surface area contributed by atoms with Gasteiger partial charge in [0.1, 0.15) is 16.5 Å². The van der Waals surface area contributed by atoms with Crippen molar-refractivity contribution < 1.29 is 18.0 Å². The van der Waals surface area contributed by atoms with Gasteiger partial charge in [0.25, 0.3) is 21.8 Å². The summed E-state index contributed by atoms with van der Waals surface area (Å²) >= 11 is 12.2. The van der Waals surface area contributed by atoms with Gasteiger partial charge in [0.15, 0.2) is 0 Å². The SMILES string of the molecule is O=C1C(Cl)=C(Nc2ccc(S(=O)(=O)Nc3ccccn3)cc2)C(=O)N1c1ccccc1Cl. The summed E-state index contributed by atoms with van der Waals surface area (Å²) in [6, 6.07) is 16.8. The third kappa shape index (κ3) is 4.18. The highest BCUT2D eigenvalue weighted by Crippen LogP contribution is 2.34. The molecular formula is C21H14Cl2N4O4S. The minimum absolute atomic E-state index is 0.0136. The molecular weight excluding hydrogens is 475 g/mol. The van der Waals surface area contributed by atoms with E-state index in [1.807, 2.05) is 0 Å². The molecule has 32 heavy (non-hydrogen) atoms. The van der Waals surface area contributed by atoms with Gasteiger partial charge in [-0.05, 0) is 48.5 Å². The number of amides is 2. The van der Waals surface area contributed by atoms with Crippen LogP contribution < -0.4 is 14.9 Å². The molecule has 2 heterocycles. The lowest BCUT2D eigenvalue weighted by atomic mass is 10.3. The Morgan fingerprint density at radius 3 is 2.19 bits per heavy atom. The Balaban J connectivity index is 1.54. The van der Waals surface area contributed by atoms with Gasteiger partial charge in [0.05, 0.1) is 15.6 Å². The second-order valence-electron chi connectivity index (χ2n) is 6.56. The van der Waals surface area contributed by atoms with E-state index in [4.69, 9.17) is 23.2 Å². The fourth-order valence-electron chi connectivity index (χ4n) is 2.94. The van der Waals surface area contributed by atoms with E-state index < -0.39 is 21.8 Å². The summed E-state index contributed by atoms with van der Waals surface area (Å²) < 4.78 is 27.4. The largest absolute Gasteiger partial charge is 0.350 e. The first-order chi connectivity index (χ1) is 15.3. The van der Waals surface area contributed by atoms with E-state index in [0.717, 1.165) is 4.90 Å². The Bertz CT molecular complexity index is 1340. The number of carbonyl (C=O) groups excluding carboxylic acids is 2. The maximum absolute atomic E-state index is 12.8. The molecule has 4 rings (SSSR count). The topological polar surface area (TPSA) is 108 Å². The molecule has 1 aliphatic rings. The molecule has 0 unspecified atom stereocenters. The highest BCUT2D eigenvalue weighted by molar-refractivity contribution is 7.92. The summed E-state index contributed by atoms with van der Waals surface area (Å²) in [5.41, 5.74) is 0.428. The first-order valence-corrected chi connectivity index (χ1v) is 11.4. The van der Waals surface area contributed by atoms with E-state index in [0.29, 0.717) is 5.69 Å². The molecule has 1 aromatic heterocycles. The molecule has 0 radical (unpaired) electrons. The third-order valence-corrected chi connectivity index (χ3v) is 6.50. The van der Waals surface area contributed by atoms with Gasteiger partial charge < -0.3 is 5.32 Å². The molecule has 162 valence electrons. The number of nitrogens with one attached hydrogen (secondary N) is 2. The zero-order valence-electron chi connectivity index (χ0n) is 16.1. The molecule has 0 saturated heterocycles. The normalized spacial score (nSPS) is 14.1. The molecule has 0 aliphatic carbocycles. The lowest BCUT2D eigenvalue weighted by molar-refractivity contribution is -0.120. The van der Waals surface area contributed by atoms with E-state index in [2.05, 4.69) is 15.0 Å². The Kier molecular flexibility index (Phi) is 5.88. The molecule has 0 atom stereocenters. The van der Waals surface area contributed by atoms with Crippen LogP contribution in [-0.4, -0.2) is 25.2 Å². The number of halogens is 2. The second-order valence-corrected chi connectivity index (χ2v) is 9.02. The molecule has 0 fully saturated rings. The van der Waals surface area contributed by atoms with Crippen LogP contribution in [0.15, 0.2) is 88.6 Å². The molecule has 2 N–H and O–H groups in total. The lowest BCUT2D eigenvalue weighted by Crippen LogP contribution is -2.32. The average molecular weight is 489 g/mol. The quantitative estimate of drug-likeness (QED) is 0.508. The van der Waals surface area contributed by atoms with Crippen molar-refractivity contribution in [3.63, 3.8) is 0 Å². The standard InChI is InChI=1S/C21H14Cl2N4O4S/c22-15-5-1-2-6-16(15)27-20(28)18(23)19(21(27)29)25-13-8-10-14(11-9-13)32(30,31)26-17-7-3-4-12-24-17/h1-12,25H,(H,24,26). The number of benzene rings is 2. The molecule has 2 aromatic carbocycles. The molecule has 8 nitrogen and oxygen atoms in total. The Labute approximate surface area is 193 Å². The number of para-hydroxylation sites is 1. The van der Waals surface area contributed by atoms with Crippen molar-refractivity contribution in [1.82, 2.24) is 4.98 Å². The van der Waals surface area contributed by atoms with Crippen LogP contribution in [0.4, 0.5) is 17.2 Å². The fraction of sp³-hybridized carbons (Fsp3) is 0. The predicted molar refractivity (Wildman–Crippen MR) is 122 cm³/mol. The number of rotatable bonds is 6. The van der Waals surface area contributed by atoms with E-state index in [1.165, 1.54) is 42.6 Å². The van der Waals surface area contributed by atoms with E-state index in [1.54, 1.807) is 30.3 Å². The van der Waals surface area contributed by atoms with Crippen molar-refractivity contribution in [2.24, 2.45) is 0 Å². The minimum atomic E-state index is -3.86. The summed E-state index contributed by atoms with van der Waals surface area (Å²) in [5.74, 6) is -1.21. The fourth-order valence-corrected chi connectivity index (χ4v) is 4.39. The first kappa shape index (κ1) is 21.8. The zero-order valence-corrected chi connectivity index (χ0v) is 18.4. The number of anilines is 3. The summed E-state index contributed by atoms with van der Waals surface area (Å²) in [4.78, 5) is 30.2. The molecule has 2 amide bonds. The lowest BCUT2D eigenvalue weighted by Gasteiger charge is -2.16. The van der Waals surface area contributed by atoms with Gasteiger partial charge in [0, 0.05) is 11.9 Å². The third-order valence-electron chi connectivity index (χ3n) is 4.46. The van der Waals surface area contributed by atoms with Crippen molar-refractivity contribution >= 4 is 62.2 Å². The van der Waals surface area contributed by atoms with Gasteiger partial charge in [-0.2, -0.15) is 0 Å². The van der Waals surface area contributed by atoms with Crippen LogP contribution in [0.3, 0.4) is 0 Å². The maximum atomic E-state index is 12.8. The zero-order chi connectivity index (χ0) is 22.9. The Hall–Kier alpha value is -3.40. The van der Waals surface area contributed by atoms with Crippen molar-refractivity contribution in [3.05, 3.63) is 88.7 Å². The van der Waals surface area contributed by atoms with Crippen molar-refractivity contribution in [2.75, 3.05) is 14.9 Å². The van der Waals surface area contributed by atoms with E-state index in [-0.39, 0.29) is 32.2 Å². The van der Waals surface area contributed by atoms with Gasteiger partial charge in [-0.1, -0.05) is 41.4 Å². The van der Waals surface area contributed by atoms with Crippen LogP contribution in [0.2, 0.25) is 5.02 Å². The van der Waals surface area contributed by atoms with E-state index in [9.17, 15) is 18.0 Å². The number of hydrogen-bond acceptors (Lipinski definition) is 6. The van der Waals surface area contributed by atoms with Gasteiger partial charge in [-0.3, -0.25) is 14.3 Å². The van der Waals surface area contributed by atoms with Crippen LogP contribution in [0.5, 0.6) is 0 Å². The van der Waals surface area contributed by atoms with E-state index >= 15 is 0 Å². The average Bonchev–Trinajstić information content (AvgIpc) is 2.98. The Morgan fingerprint density at radius 2 is 1.53 bits per heavy atom. The summed E-state index contributed by atoms with van der Waals surface area (Å²) in [6.07, 6.45) is 1.47. The van der Waals surface area contributed by atoms with Crippen molar-refractivity contribution in [2.45, 2.75) is 4.90 Å². The highest BCUT2D eigenvalue weighted by atomic mass is 35.5. The number of imide groups is 1. The van der Waals surface area contributed by atoms with Crippen LogP contribution in [0.25, 0.3) is 0 Å².